The molecule has 0 saturated heterocycles. The summed E-state index contributed by atoms with van der Waals surface area (Å²) < 4.78 is 11.6. The summed E-state index contributed by atoms with van der Waals surface area (Å²) >= 11 is 3.52. The van der Waals surface area contributed by atoms with E-state index in [1.54, 1.807) is 14.2 Å². The highest BCUT2D eigenvalue weighted by Gasteiger charge is 2.20. The van der Waals surface area contributed by atoms with Crippen molar-refractivity contribution in [2.24, 2.45) is 0 Å². The van der Waals surface area contributed by atoms with Gasteiger partial charge in [0.1, 0.15) is 0 Å². The predicted octanol–water partition coefficient (Wildman–Crippen LogP) is 2.50. The Hall–Kier alpha value is -1.53. The molecule has 0 unspecified atom stereocenters. The Kier molecular flexibility index (Phi) is 3.67. The average molecular weight is 338 g/mol. The molecule has 3 rings (SSSR count). The van der Waals surface area contributed by atoms with Crippen LogP contribution in [-0.4, -0.2) is 31.0 Å². The van der Waals surface area contributed by atoms with Gasteiger partial charge in [-0.2, -0.15) is 5.10 Å². The number of nitrogens with one attached hydrogen (secondary N) is 2. The molecule has 2 aromatic rings. The van der Waals surface area contributed by atoms with Crippen LogP contribution in [0.25, 0.3) is 11.3 Å². The van der Waals surface area contributed by atoms with Gasteiger partial charge in [-0.05, 0) is 28.1 Å². The molecule has 1 aromatic heterocycles. The number of benzene rings is 1. The van der Waals surface area contributed by atoms with Crippen molar-refractivity contribution in [2.75, 3.05) is 20.8 Å². The molecule has 20 heavy (non-hydrogen) atoms. The average Bonchev–Trinajstić information content (AvgIpc) is 2.90. The normalized spacial score (nSPS) is 13.9. The number of hydrogen-bond acceptors (Lipinski definition) is 4. The zero-order valence-corrected chi connectivity index (χ0v) is 13.0. The standard InChI is InChI=1S/C14H16BrN3O2/c1-19-12-6-8(5-10(15)14(12)20-2)13-9-7-16-4-3-11(9)17-18-13/h5-6,16H,3-4,7H2,1-2H3,(H,17,18). The minimum Gasteiger partial charge on any atom is -0.493 e. The Morgan fingerprint density at radius 1 is 1.25 bits per heavy atom. The molecule has 1 aromatic carbocycles. The first kappa shape index (κ1) is 13.5. The molecule has 2 N–H and O–H groups in total. The molecule has 0 atom stereocenters. The Labute approximate surface area is 125 Å². The number of halogens is 1. The van der Waals surface area contributed by atoms with Crippen LogP contribution in [0.2, 0.25) is 0 Å². The van der Waals surface area contributed by atoms with E-state index in [1.165, 1.54) is 11.3 Å². The van der Waals surface area contributed by atoms with Crippen molar-refractivity contribution in [1.29, 1.82) is 0 Å². The van der Waals surface area contributed by atoms with Crippen molar-refractivity contribution in [3.63, 3.8) is 0 Å². The van der Waals surface area contributed by atoms with Crippen molar-refractivity contribution in [3.05, 3.63) is 27.9 Å². The molecule has 0 fully saturated rings. The third-order valence-electron chi connectivity index (χ3n) is 3.51. The second-order valence-electron chi connectivity index (χ2n) is 4.65. The summed E-state index contributed by atoms with van der Waals surface area (Å²) in [5, 5.41) is 11.0. The van der Waals surface area contributed by atoms with Gasteiger partial charge in [0.25, 0.3) is 0 Å². The van der Waals surface area contributed by atoms with Gasteiger partial charge in [0, 0.05) is 36.3 Å². The van der Waals surface area contributed by atoms with Crippen LogP contribution in [0.1, 0.15) is 11.3 Å². The molecule has 0 spiro atoms. The fourth-order valence-corrected chi connectivity index (χ4v) is 3.12. The van der Waals surface area contributed by atoms with Crippen LogP contribution < -0.4 is 14.8 Å². The van der Waals surface area contributed by atoms with Crippen LogP contribution in [0.4, 0.5) is 0 Å². The SMILES string of the molecule is COc1cc(-c2n[nH]c3c2CNCC3)cc(Br)c1OC. The lowest BCUT2D eigenvalue weighted by Crippen LogP contribution is -2.23. The maximum atomic E-state index is 5.39. The molecule has 0 bridgehead atoms. The smallest absolute Gasteiger partial charge is 0.174 e. The minimum atomic E-state index is 0.692. The highest BCUT2D eigenvalue weighted by Crippen LogP contribution is 2.40. The summed E-state index contributed by atoms with van der Waals surface area (Å²) in [5.41, 5.74) is 4.42. The number of hydrogen-bond donors (Lipinski definition) is 2. The fourth-order valence-electron chi connectivity index (χ4n) is 2.52. The number of H-pyrrole nitrogens is 1. The summed E-state index contributed by atoms with van der Waals surface area (Å²) in [7, 11) is 3.26. The molecule has 2 heterocycles. The summed E-state index contributed by atoms with van der Waals surface area (Å²) in [6.45, 7) is 1.83. The lowest BCUT2D eigenvalue weighted by Gasteiger charge is -2.14. The van der Waals surface area contributed by atoms with Crippen LogP contribution in [0.5, 0.6) is 11.5 Å². The lowest BCUT2D eigenvalue weighted by atomic mass is 10.0. The largest absolute Gasteiger partial charge is 0.493 e. The zero-order chi connectivity index (χ0) is 14.1. The molecule has 106 valence electrons. The van der Waals surface area contributed by atoms with Gasteiger partial charge in [-0.1, -0.05) is 0 Å². The quantitative estimate of drug-likeness (QED) is 0.903. The molecule has 1 aliphatic rings. The van der Waals surface area contributed by atoms with Crippen molar-refractivity contribution in [2.45, 2.75) is 13.0 Å². The van der Waals surface area contributed by atoms with E-state index < -0.39 is 0 Å². The molecular weight excluding hydrogens is 322 g/mol. The highest BCUT2D eigenvalue weighted by molar-refractivity contribution is 9.10. The third-order valence-corrected chi connectivity index (χ3v) is 4.10. The minimum absolute atomic E-state index is 0.692. The third kappa shape index (κ3) is 2.19. The number of nitrogens with zero attached hydrogens (tertiary/aromatic N) is 1. The zero-order valence-electron chi connectivity index (χ0n) is 11.4. The Morgan fingerprint density at radius 2 is 2.10 bits per heavy atom. The number of methoxy groups -OCH3 is 2. The maximum absolute atomic E-state index is 5.39. The molecule has 1 aliphatic heterocycles. The number of fused-ring (bicyclic) bond motifs is 1. The van der Waals surface area contributed by atoms with E-state index in [0.29, 0.717) is 11.5 Å². The molecular formula is C14H16BrN3O2. The van der Waals surface area contributed by atoms with Crippen LogP contribution in [0.15, 0.2) is 16.6 Å². The van der Waals surface area contributed by atoms with E-state index in [9.17, 15) is 0 Å². The number of aromatic amines is 1. The van der Waals surface area contributed by atoms with Crippen molar-refractivity contribution >= 4 is 15.9 Å². The Balaban J connectivity index is 2.11. The van der Waals surface area contributed by atoms with Gasteiger partial charge in [-0.3, -0.25) is 5.10 Å². The number of ether oxygens (including phenoxy) is 2. The molecule has 5 nitrogen and oxygen atoms in total. The summed E-state index contributed by atoms with van der Waals surface area (Å²) in [6, 6.07) is 3.96. The summed E-state index contributed by atoms with van der Waals surface area (Å²) in [5.74, 6) is 1.39. The monoisotopic (exact) mass is 337 g/mol. The predicted molar refractivity (Wildman–Crippen MR) is 80.2 cm³/mol. The highest BCUT2D eigenvalue weighted by atomic mass is 79.9. The van der Waals surface area contributed by atoms with E-state index in [0.717, 1.165) is 35.2 Å². The van der Waals surface area contributed by atoms with E-state index >= 15 is 0 Å². The molecule has 0 radical (unpaired) electrons. The lowest BCUT2D eigenvalue weighted by molar-refractivity contribution is 0.353. The van der Waals surface area contributed by atoms with E-state index in [1.807, 2.05) is 12.1 Å². The second-order valence-corrected chi connectivity index (χ2v) is 5.50. The van der Waals surface area contributed by atoms with Crippen LogP contribution in [0, 0.1) is 0 Å². The molecule has 0 saturated carbocycles. The maximum Gasteiger partial charge on any atom is 0.174 e. The van der Waals surface area contributed by atoms with Gasteiger partial charge in [0.15, 0.2) is 11.5 Å². The van der Waals surface area contributed by atoms with E-state index in [-0.39, 0.29) is 0 Å². The first-order valence-electron chi connectivity index (χ1n) is 6.43. The van der Waals surface area contributed by atoms with Crippen molar-refractivity contribution in [1.82, 2.24) is 15.5 Å². The first-order chi connectivity index (χ1) is 9.74. The van der Waals surface area contributed by atoms with Crippen LogP contribution >= 0.6 is 15.9 Å². The van der Waals surface area contributed by atoms with Crippen molar-refractivity contribution < 1.29 is 9.47 Å². The van der Waals surface area contributed by atoms with Crippen molar-refractivity contribution in [3.8, 4) is 22.8 Å². The molecule has 6 heteroatoms. The molecule has 0 aliphatic carbocycles. The fraction of sp³-hybridized carbons (Fsp3) is 0.357. The van der Waals surface area contributed by atoms with E-state index in [4.69, 9.17) is 9.47 Å². The van der Waals surface area contributed by atoms with Gasteiger partial charge in [-0.15, -0.1) is 0 Å². The van der Waals surface area contributed by atoms with Gasteiger partial charge in [-0.25, -0.2) is 0 Å². The van der Waals surface area contributed by atoms with Gasteiger partial charge in [0.05, 0.1) is 24.4 Å². The van der Waals surface area contributed by atoms with E-state index in [2.05, 4.69) is 31.4 Å². The Morgan fingerprint density at radius 3 is 2.85 bits per heavy atom. The van der Waals surface area contributed by atoms with Gasteiger partial charge >= 0.3 is 0 Å². The Bertz CT molecular complexity index is 640. The summed E-state index contributed by atoms with van der Waals surface area (Å²) in [6.07, 6.45) is 0.983. The number of rotatable bonds is 3. The van der Waals surface area contributed by atoms with Crippen LogP contribution in [-0.2, 0) is 13.0 Å². The second kappa shape index (κ2) is 5.46. The number of aromatic nitrogens is 2. The van der Waals surface area contributed by atoms with Crippen LogP contribution in [0.3, 0.4) is 0 Å². The van der Waals surface area contributed by atoms with Gasteiger partial charge in [0.2, 0.25) is 0 Å². The topological polar surface area (TPSA) is 59.2 Å². The first-order valence-corrected chi connectivity index (χ1v) is 7.22. The van der Waals surface area contributed by atoms with Gasteiger partial charge < -0.3 is 14.8 Å². The summed E-state index contributed by atoms with van der Waals surface area (Å²) in [4.78, 5) is 0. The molecule has 0 amide bonds.